The van der Waals surface area contributed by atoms with E-state index in [1.54, 1.807) is 33.9 Å². The standard InChI is InChI=1S/C14H20N2O5/c1-5-20-14(17)11(15-4)8-21-13-7-12(16(18)19)9(2)6-10(13)3/h6-7,11,15H,5,8H2,1-4H3. The number of aryl methyl sites for hydroxylation is 2. The van der Waals surface area contributed by atoms with E-state index in [2.05, 4.69) is 5.32 Å². The van der Waals surface area contributed by atoms with E-state index in [1.165, 1.54) is 6.07 Å². The second-order valence-electron chi connectivity index (χ2n) is 4.57. The molecule has 116 valence electrons. The fourth-order valence-corrected chi connectivity index (χ4v) is 1.86. The van der Waals surface area contributed by atoms with Crippen LogP contribution in [-0.2, 0) is 9.53 Å². The van der Waals surface area contributed by atoms with Gasteiger partial charge >= 0.3 is 5.97 Å². The number of benzene rings is 1. The Morgan fingerprint density at radius 3 is 2.57 bits per heavy atom. The first-order chi connectivity index (χ1) is 9.90. The predicted octanol–water partition coefficient (Wildman–Crippen LogP) is 1.74. The Labute approximate surface area is 123 Å². The quantitative estimate of drug-likeness (QED) is 0.468. The van der Waals surface area contributed by atoms with Crippen LogP contribution >= 0.6 is 0 Å². The summed E-state index contributed by atoms with van der Waals surface area (Å²) in [6.45, 7) is 5.51. The zero-order valence-electron chi connectivity index (χ0n) is 12.6. The van der Waals surface area contributed by atoms with Gasteiger partial charge in [-0.3, -0.25) is 14.9 Å². The Morgan fingerprint density at radius 2 is 2.05 bits per heavy atom. The number of carbonyl (C=O) groups excluding carboxylic acids is 1. The minimum atomic E-state index is -0.621. The predicted molar refractivity (Wildman–Crippen MR) is 77.5 cm³/mol. The topological polar surface area (TPSA) is 90.7 Å². The van der Waals surface area contributed by atoms with Gasteiger partial charge in [0.25, 0.3) is 5.69 Å². The van der Waals surface area contributed by atoms with Crippen LogP contribution in [0.3, 0.4) is 0 Å². The van der Waals surface area contributed by atoms with Crippen LogP contribution in [0.25, 0.3) is 0 Å². The lowest BCUT2D eigenvalue weighted by Crippen LogP contribution is -2.40. The van der Waals surface area contributed by atoms with Gasteiger partial charge in [0.1, 0.15) is 18.4 Å². The van der Waals surface area contributed by atoms with Crippen LogP contribution in [0.15, 0.2) is 12.1 Å². The van der Waals surface area contributed by atoms with E-state index < -0.39 is 16.9 Å². The maximum atomic E-state index is 11.6. The molecule has 21 heavy (non-hydrogen) atoms. The average Bonchev–Trinajstić information content (AvgIpc) is 2.41. The van der Waals surface area contributed by atoms with Crippen molar-refractivity contribution in [2.45, 2.75) is 26.8 Å². The fraction of sp³-hybridized carbons (Fsp3) is 0.500. The van der Waals surface area contributed by atoms with Crippen LogP contribution in [0.1, 0.15) is 18.1 Å². The van der Waals surface area contributed by atoms with Gasteiger partial charge in [-0.2, -0.15) is 0 Å². The molecule has 0 bridgehead atoms. The number of hydrogen-bond donors (Lipinski definition) is 1. The van der Waals surface area contributed by atoms with E-state index >= 15 is 0 Å². The van der Waals surface area contributed by atoms with Crippen LogP contribution in [0.2, 0.25) is 0 Å². The molecule has 1 aromatic rings. The molecule has 1 atom stereocenters. The zero-order valence-corrected chi connectivity index (χ0v) is 12.6. The molecule has 0 aromatic heterocycles. The van der Waals surface area contributed by atoms with Gasteiger partial charge in [0.2, 0.25) is 0 Å². The summed E-state index contributed by atoms with van der Waals surface area (Å²) in [5, 5.41) is 13.7. The highest BCUT2D eigenvalue weighted by atomic mass is 16.6. The van der Waals surface area contributed by atoms with Gasteiger partial charge in [-0.25, -0.2) is 0 Å². The monoisotopic (exact) mass is 296 g/mol. The highest BCUT2D eigenvalue weighted by molar-refractivity contribution is 5.75. The third kappa shape index (κ3) is 4.42. The lowest BCUT2D eigenvalue weighted by Gasteiger charge is -2.16. The van der Waals surface area contributed by atoms with Crippen molar-refractivity contribution in [2.75, 3.05) is 20.3 Å². The molecule has 7 nitrogen and oxygen atoms in total. The van der Waals surface area contributed by atoms with Gasteiger partial charge in [-0.1, -0.05) is 0 Å². The lowest BCUT2D eigenvalue weighted by atomic mass is 10.1. The van der Waals surface area contributed by atoms with E-state index in [9.17, 15) is 14.9 Å². The molecule has 7 heteroatoms. The van der Waals surface area contributed by atoms with Crippen molar-refractivity contribution in [3.05, 3.63) is 33.4 Å². The largest absolute Gasteiger partial charge is 0.491 e. The summed E-state index contributed by atoms with van der Waals surface area (Å²) in [5.74, 6) is -0.0314. The fourth-order valence-electron chi connectivity index (χ4n) is 1.86. The van der Waals surface area contributed by atoms with Crippen molar-refractivity contribution in [1.29, 1.82) is 0 Å². The summed E-state index contributed by atoms with van der Waals surface area (Å²) < 4.78 is 10.4. The molecule has 0 aliphatic rings. The van der Waals surface area contributed by atoms with Crippen molar-refractivity contribution in [2.24, 2.45) is 0 Å². The highest BCUT2D eigenvalue weighted by Gasteiger charge is 2.20. The number of likely N-dealkylation sites (N-methyl/N-ethyl adjacent to an activating group) is 1. The number of rotatable bonds is 7. The van der Waals surface area contributed by atoms with Gasteiger partial charge in [0.05, 0.1) is 17.6 Å². The van der Waals surface area contributed by atoms with Crippen molar-refractivity contribution >= 4 is 11.7 Å². The number of nitrogens with zero attached hydrogens (tertiary/aromatic N) is 1. The first kappa shape index (κ1) is 16.9. The minimum absolute atomic E-state index is 0.00672. The van der Waals surface area contributed by atoms with Crippen LogP contribution in [0.5, 0.6) is 5.75 Å². The number of nitrogens with one attached hydrogen (secondary N) is 1. The molecule has 0 amide bonds. The van der Waals surface area contributed by atoms with Crippen LogP contribution in [-0.4, -0.2) is 37.2 Å². The van der Waals surface area contributed by atoms with Crippen molar-refractivity contribution in [3.8, 4) is 5.75 Å². The molecule has 0 spiro atoms. The van der Waals surface area contributed by atoms with Gasteiger partial charge in [0, 0.05) is 5.56 Å². The van der Waals surface area contributed by atoms with Crippen LogP contribution < -0.4 is 10.1 Å². The minimum Gasteiger partial charge on any atom is -0.491 e. The molecule has 0 radical (unpaired) electrons. The molecule has 1 aromatic carbocycles. The summed E-state index contributed by atoms with van der Waals surface area (Å²) in [6, 6.07) is 2.44. The molecule has 0 aliphatic carbocycles. The maximum absolute atomic E-state index is 11.6. The number of hydrogen-bond acceptors (Lipinski definition) is 6. The van der Waals surface area contributed by atoms with E-state index in [4.69, 9.17) is 9.47 Å². The summed E-state index contributed by atoms with van der Waals surface area (Å²) in [6.07, 6.45) is 0. The summed E-state index contributed by atoms with van der Waals surface area (Å²) in [5.41, 5.74) is 1.34. The second kappa shape index (κ2) is 7.58. The second-order valence-corrected chi connectivity index (χ2v) is 4.57. The van der Waals surface area contributed by atoms with Crippen molar-refractivity contribution < 1.29 is 19.2 Å². The molecule has 1 N–H and O–H groups in total. The molecule has 0 saturated carbocycles. The summed E-state index contributed by atoms with van der Waals surface area (Å²) >= 11 is 0. The maximum Gasteiger partial charge on any atom is 0.326 e. The third-order valence-electron chi connectivity index (χ3n) is 3.02. The smallest absolute Gasteiger partial charge is 0.326 e. The average molecular weight is 296 g/mol. The Bertz CT molecular complexity index is 530. The highest BCUT2D eigenvalue weighted by Crippen LogP contribution is 2.28. The van der Waals surface area contributed by atoms with Gasteiger partial charge in [-0.05, 0) is 39.4 Å². The number of ether oxygens (including phenoxy) is 2. The number of nitro groups is 1. The number of nitro benzene ring substituents is 1. The third-order valence-corrected chi connectivity index (χ3v) is 3.02. The Balaban J connectivity index is 2.85. The lowest BCUT2D eigenvalue weighted by molar-refractivity contribution is -0.385. The Kier molecular flexibility index (Phi) is 6.10. The first-order valence-corrected chi connectivity index (χ1v) is 6.63. The molecule has 0 heterocycles. The molecule has 0 saturated heterocycles. The van der Waals surface area contributed by atoms with E-state index in [0.29, 0.717) is 11.3 Å². The van der Waals surface area contributed by atoms with Gasteiger partial charge in [0.15, 0.2) is 0 Å². The molecular weight excluding hydrogens is 276 g/mol. The normalized spacial score (nSPS) is 11.8. The van der Waals surface area contributed by atoms with Gasteiger partial charge < -0.3 is 14.8 Å². The molecular formula is C14H20N2O5. The SMILES string of the molecule is CCOC(=O)C(COc1cc([N+](=O)[O-])c(C)cc1C)NC. The molecule has 0 aliphatic heterocycles. The number of esters is 1. The van der Waals surface area contributed by atoms with Crippen molar-refractivity contribution in [1.82, 2.24) is 5.32 Å². The van der Waals surface area contributed by atoms with E-state index in [-0.39, 0.29) is 18.9 Å². The van der Waals surface area contributed by atoms with Crippen LogP contribution in [0.4, 0.5) is 5.69 Å². The number of carbonyl (C=O) groups is 1. The zero-order chi connectivity index (χ0) is 16.0. The summed E-state index contributed by atoms with van der Waals surface area (Å²) in [4.78, 5) is 22.1. The summed E-state index contributed by atoms with van der Waals surface area (Å²) in [7, 11) is 1.62. The van der Waals surface area contributed by atoms with Crippen LogP contribution in [0, 0.1) is 24.0 Å². The van der Waals surface area contributed by atoms with Gasteiger partial charge in [-0.15, -0.1) is 0 Å². The van der Waals surface area contributed by atoms with E-state index in [1.807, 2.05) is 0 Å². The molecule has 0 fully saturated rings. The first-order valence-electron chi connectivity index (χ1n) is 6.63. The molecule has 1 unspecified atom stereocenters. The Morgan fingerprint density at radius 1 is 1.38 bits per heavy atom. The van der Waals surface area contributed by atoms with Crippen molar-refractivity contribution in [3.63, 3.8) is 0 Å². The van der Waals surface area contributed by atoms with E-state index in [0.717, 1.165) is 5.56 Å². The molecule has 1 rings (SSSR count). The Hall–Kier alpha value is -2.15.